The molecule has 1 aliphatic rings. The van der Waals surface area contributed by atoms with Crippen molar-refractivity contribution >= 4 is 27.3 Å². The van der Waals surface area contributed by atoms with E-state index < -0.39 is 50.8 Å². The van der Waals surface area contributed by atoms with E-state index in [1.807, 2.05) is 0 Å². The molecule has 148 valence electrons. The van der Waals surface area contributed by atoms with Crippen molar-refractivity contribution in [3.8, 4) is 0 Å². The molecule has 0 amide bonds. The first-order valence-corrected chi connectivity index (χ1v) is 11.4. The van der Waals surface area contributed by atoms with Crippen molar-refractivity contribution in [1.29, 1.82) is 0 Å². The van der Waals surface area contributed by atoms with Gasteiger partial charge in [-0.15, -0.1) is 0 Å². The van der Waals surface area contributed by atoms with E-state index in [2.05, 4.69) is 21.8 Å². The fourth-order valence-electron chi connectivity index (χ4n) is 2.59. The van der Waals surface area contributed by atoms with Crippen molar-refractivity contribution in [2.24, 2.45) is 0 Å². The minimum atomic E-state index is -4.67. The van der Waals surface area contributed by atoms with Crippen LogP contribution in [0.15, 0.2) is 21.9 Å². The fourth-order valence-corrected chi connectivity index (χ4v) is 3.82. The third-order valence-electron chi connectivity index (χ3n) is 3.58. The van der Waals surface area contributed by atoms with Crippen LogP contribution in [0.1, 0.15) is 12.6 Å². The van der Waals surface area contributed by atoms with Gasteiger partial charge in [-0.05, 0) is 0 Å². The van der Waals surface area contributed by atoms with Gasteiger partial charge in [0.2, 0.25) is 7.23 Å². The predicted molar refractivity (Wildman–Crippen MR) is 91.5 cm³/mol. The monoisotopic (exact) mass is 432 g/mol. The van der Waals surface area contributed by atoms with Crippen LogP contribution in [0, 0.1) is 0 Å². The molecule has 1 aromatic rings. The Bertz CT molecular complexity index is 807. The van der Waals surface area contributed by atoms with Crippen molar-refractivity contribution < 1.29 is 37.4 Å². The zero-order valence-electron chi connectivity index (χ0n) is 13.4. The van der Waals surface area contributed by atoms with Gasteiger partial charge in [0.1, 0.15) is 12.2 Å². The summed E-state index contributed by atoms with van der Waals surface area (Å²) < 4.78 is 43.9. The Balaban J connectivity index is 2.26. The zero-order chi connectivity index (χ0) is 19.5. The van der Waals surface area contributed by atoms with E-state index in [1.165, 1.54) is 13.3 Å². The molecular formula is C11H18N2O10P2S. The van der Waals surface area contributed by atoms with Crippen molar-refractivity contribution in [3.05, 3.63) is 33.1 Å². The van der Waals surface area contributed by atoms with Crippen molar-refractivity contribution in [2.75, 3.05) is 13.7 Å². The van der Waals surface area contributed by atoms with Crippen LogP contribution in [0.2, 0.25) is 0 Å². The van der Waals surface area contributed by atoms with E-state index in [0.29, 0.717) is 0 Å². The van der Waals surface area contributed by atoms with Crippen LogP contribution in [0.25, 0.3) is 0 Å². The number of phosphoric acid groups is 1. The molecule has 12 nitrogen and oxygen atoms in total. The van der Waals surface area contributed by atoms with Gasteiger partial charge in [-0.25, -0.2) is 9.36 Å². The molecule has 2 heterocycles. The molecule has 3 unspecified atom stereocenters. The molecular weight excluding hydrogens is 414 g/mol. The van der Waals surface area contributed by atoms with Crippen molar-refractivity contribution in [3.63, 3.8) is 0 Å². The van der Waals surface area contributed by atoms with Crippen LogP contribution in [0.3, 0.4) is 0 Å². The first kappa shape index (κ1) is 21.5. The van der Waals surface area contributed by atoms with E-state index in [-0.39, 0.29) is 13.0 Å². The van der Waals surface area contributed by atoms with Gasteiger partial charge in [0.15, 0.2) is 6.23 Å². The smallest absolute Gasteiger partial charge is 0.374 e. The lowest BCUT2D eigenvalue weighted by Crippen LogP contribution is -2.39. The molecule has 0 radical (unpaired) electrons. The van der Waals surface area contributed by atoms with Crippen LogP contribution < -0.4 is 11.2 Å². The number of phosphoric ester groups is 1. The molecule has 0 saturated carbocycles. The lowest BCUT2D eigenvalue weighted by atomic mass is 10.1. The van der Waals surface area contributed by atoms with Gasteiger partial charge in [-0.3, -0.25) is 23.4 Å². The summed E-state index contributed by atoms with van der Waals surface area (Å²) in [5, 5.41) is 0. The van der Waals surface area contributed by atoms with Gasteiger partial charge in [0.25, 0.3) is 5.56 Å². The van der Waals surface area contributed by atoms with Gasteiger partial charge in [-0.2, -0.15) is 0 Å². The normalized spacial score (nSPS) is 27.5. The largest absolute Gasteiger partial charge is 0.469 e. The summed E-state index contributed by atoms with van der Waals surface area (Å²) in [6, 6.07) is 1.11. The zero-order valence-corrected chi connectivity index (χ0v) is 16.2. The van der Waals surface area contributed by atoms with Gasteiger partial charge >= 0.3 is 13.5 Å². The van der Waals surface area contributed by atoms with Crippen molar-refractivity contribution in [2.45, 2.75) is 31.0 Å². The first-order chi connectivity index (χ1) is 12.1. The summed E-state index contributed by atoms with van der Waals surface area (Å²) >= 11 is 3.72. The lowest BCUT2D eigenvalue weighted by molar-refractivity contribution is -0.0562. The summed E-state index contributed by atoms with van der Waals surface area (Å²) in [6.07, 6.45) is -2.60. The van der Waals surface area contributed by atoms with E-state index in [0.717, 1.165) is 10.6 Å². The van der Waals surface area contributed by atoms with Crippen molar-refractivity contribution in [1.82, 2.24) is 9.55 Å². The highest BCUT2D eigenvalue weighted by molar-refractivity contribution is 8.39. The molecule has 5 atom stereocenters. The maximum Gasteiger partial charge on any atom is 0.469 e. The number of ether oxygens (including phenoxy) is 2. The number of rotatable bonds is 8. The quantitative estimate of drug-likeness (QED) is 0.315. The van der Waals surface area contributed by atoms with E-state index in [4.69, 9.17) is 23.8 Å². The minimum absolute atomic E-state index is 0.0484. The summed E-state index contributed by atoms with van der Waals surface area (Å²) in [7, 11) is -6.08. The number of nitrogens with one attached hydrogen (secondary N) is 1. The lowest BCUT2D eigenvalue weighted by Gasteiger charge is -2.22. The minimum Gasteiger partial charge on any atom is -0.374 e. The number of aromatic nitrogens is 2. The van der Waals surface area contributed by atoms with Crippen LogP contribution in [0.4, 0.5) is 0 Å². The average Bonchev–Trinajstić information content (AvgIpc) is 2.83. The molecule has 0 bridgehead atoms. The molecule has 15 heteroatoms. The first-order valence-electron chi connectivity index (χ1n) is 7.22. The number of hydrogen-bond donors (Lipinski definition) is 4. The highest BCUT2D eigenvalue weighted by Crippen LogP contribution is 2.42. The number of H-pyrrole nitrogens is 1. The Hall–Kier alpha value is -0.750. The SMILES string of the molecule is CO[C@H]1C(O[PH](=O)S)C(CCOP(=O)(O)O)O[C@H]1n1ccc(=O)[nH]c1=O. The van der Waals surface area contributed by atoms with Crippen LogP contribution in [0.5, 0.6) is 0 Å². The summed E-state index contributed by atoms with van der Waals surface area (Å²) in [5.74, 6) is 0. The number of hydrogen-bond acceptors (Lipinski definition) is 8. The second-order valence-electron chi connectivity index (χ2n) is 5.24. The van der Waals surface area contributed by atoms with E-state index in [1.54, 1.807) is 0 Å². The second-order valence-corrected chi connectivity index (χ2v) is 8.35. The van der Waals surface area contributed by atoms with E-state index in [9.17, 15) is 18.7 Å². The second kappa shape index (κ2) is 8.96. The Morgan fingerprint density at radius 3 is 2.65 bits per heavy atom. The topological polar surface area (TPSA) is 166 Å². The van der Waals surface area contributed by atoms with Crippen LogP contribution >= 0.6 is 27.3 Å². The number of methoxy groups -OCH3 is 1. The Kier molecular flexibility index (Phi) is 7.43. The number of nitrogens with zero attached hydrogens (tertiary/aromatic N) is 1. The van der Waals surface area contributed by atoms with Crippen LogP contribution in [-0.4, -0.2) is 51.4 Å². The highest BCUT2D eigenvalue weighted by atomic mass is 32.7. The molecule has 0 aromatic carbocycles. The van der Waals surface area contributed by atoms with Gasteiger partial charge < -0.3 is 23.8 Å². The van der Waals surface area contributed by atoms with Gasteiger partial charge in [0, 0.05) is 25.8 Å². The third kappa shape index (κ3) is 5.62. The molecule has 26 heavy (non-hydrogen) atoms. The third-order valence-corrected chi connectivity index (χ3v) is 4.89. The Morgan fingerprint density at radius 1 is 1.42 bits per heavy atom. The fraction of sp³-hybridized carbons (Fsp3) is 0.636. The Labute approximate surface area is 152 Å². The summed E-state index contributed by atoms with van der Waals surface area (Å²) in [4.78, 5) is 42.8. The van der Waals surface area contributed by atoms with Crippen LogP contribution in [-0.2, 0) is 27.7 Å². The highest BCUT2D eigenvalue weighted by Gasteiger charge is 2.47. The summed E-state index contributed by atoms with van der Waals surface area (Å²) in [6.45, 7) is -0.383. The molecule has 1 fully saturated rings. The molecule has 1 aromatic heterocycles. The molecule has 0 aliphatic carbocycles. The molecule has 0 spiro atoms. The van der Waals surface area contributed by atoms with Gasteiger partial charge in [0.05, 0.1) is 12.7 Å². The standard InChI is InChI=1S/C11H18N2O10P2S/c1-20-9-8(23-24(16)26)6(3-5-21-25(17,18)19)22-10(9)13-4-2-7(14)12-11(13)15/h2,4,6,8-10,24H,3,5H2,1H3,(H,16,26)(H,12,14,15)(H2,17,18,19)/t6?,8?,9-,10+/m0/s1. The molecule has 3 N–H and O–H groups in total. The molecule has 2 rings (SSSR count). The Morgan fingerprint density at radius 2 is 2.12 bits per heavy atom. The molecule has 1 aliphatic heterocycles. The average molecular weight is 432 g/mol. The van der Waals surface area contributed by atoms with Gasteiger partial charge in [-0.1, -0.05) is 12.2 Å². The maximum absolute atomic E-state index is 12.0. The summed E-state index contributed by atoms with van der Waals surface area (Å²) in [5.41, 5.74) is -1.35. The molecule has 1 saturated heterocycles. The number of aromatic amines is 1. The predicted octanol–water partition coefficient (Wildman–Crippen LogP) is -0.347. The van der Waals surface area contributed by atoms with E-state index >= 15 is 0 Å². The maximum atomic E-state index is 12.0. The number of thiol groups is 1.